The third-order valence-corrected chi connectivity index (χ3v) is 5.55. The molecule has 1 aromatic carbocycles. The van der Waals surface area contributed by atoms with Crippen molar-refractivity contribution in [1.29, 1.82) is 0 Å². The van der Waals surface area contributed by atoms with Crippen LogP contribution in [-0.2, 0) is 6.42 Å². The van der Waals surface area contributed by atoms with Crippen molar-refractivity contribution in [2.75, 3.05) is 31.6 Å². The van der Waals surface area contributed by atoms with Crippen molar-refractivity contribution in [3.05, 3.63) is 58.2 Å². The maximum absolute atomic E-state index is 6.23. The number of aromatic nitrogens is 1. The summed E-state index contributed by atoms with van der Waals surface area (Å²) < 4.78 is 0. The molecule has 0 amide bonds. The van der Waals surface area contributed by atoms with Crippen molar-refractivity contribution >= 4 is 59.0 Å². The predicted octanol–water partition coefficient (Wildman–Crippen LogP) is 4.77. The number of aryl methyl sites for hydroxylation is 1. The van der Waals surface area contributed by atoms with Gasteiger partial charge in [0, 0.05) is 49.0 Å². The van der Waals surface area contributed by atoms with Crippen LogP contribution in [0.2, 0.25) is 10.0 Å². The molecule has 1 saturated heterocycles. The van der Waals surface area contributed by atoms with E-state index in [1.165, 1.54) is 0 Å². The molecule has 0 aliphatic carbocycles. The summed E-state index contributed by atoms with van der Waals surface area (Å²) in [6, 6.07) is 12.2. The summed E-state index contributed by atoms with van der Waals surface area (Å²) >= 11 is 12.2. The molecule has 0 unspecified atom stereocenters. The Kier molecular flexibility index (Phi) is 10.3. The fraction of sp³-hybridized carbons (Fsp3) is 0.429. The summed E-state index contributed by atoms with van der Waals surface area (Å²) in [4.78, 5) is 11.1. The first-order chi connectivity index (χ1) is 13.7. The van der Waals surface area contributed by atoms with Gasteiger partial charge < -0.3 is 15.5 Å². The summed E-state index contributed by atoms with van der Waals surface area (Å²) in [6.45, 7) is 2.84. The zero-order valence-electron chi connectivity index (χ0n) is 16.6. The SMILES string of the molecule is CN=C(NCCCc1ccc(Cl)cc1Cl)NC1CCN(c2ccccn2)CC1.I. The molecule has 0 saturated carbocycles. The number of benzene rings is 1. The quantitative estimate of drug-likeness (QED) is 0.237. The lowest BCUT2D eigenvalue weighted by Gasteiger charge is -2.33. The van der Waals surface area contributed by atoms with Crippen LogP contribution in [0.3, 0.4) is 0 Å². The summed E-state index contributed by atoms with van der Waals surface area (Å²) in [7, 11) is 1.81. The van der Waals surface area contributed by atoms with Crippen molar-refractivity contribution < 1.29 is 0 Å². The highest BCUT2D eigenvalue weighted by molar-refractivity contribution is 14.0. The minimum absolute atomic E-state index is 0. The van der Waals surface area contributed by atoms with Crippen molar-refractivity contribution in [3.8, 4) is 0 Å². The van der Waals surface area contributed by atoms with Crippen LogP contribution < -0.4 is 15.5 Å². The van der Waals surface area contributed by atoms with Gasteiger partial charge >= 0.3 is 0 Å². The fourth-order valence-electron chi connectivity index (χ4n) is 3.39. The highest BCUT2D eigenvalue weighted by Crippen LogP contribution is 2.22. The van der Waals surface area contributed by atoms with Gasteiger partial charge in [0.05, 0.1) is 0 Å². The zero-order valence-corrected chi connectivity index (χ0v) is 20.4. The van der Waals surface area contributed by atoms with E-state index in [-0.39, 0.29) is 24.0 Å². The third-order valence-electron chi connectivity index (χ3n) is 4.96. The van der Waals surface area contributed by atoms with Crippen LogP contribution in [0.4, 0.5) is 5.82 Å². The van der Waals surface area contributed by atoms with Gasteiger partial charge in [-0.2, -0.15) is 0 Å². The molecule has 2 aromatic rings. The molecule has 8 heteroatoms. The van der Waals surface area contributed by atoms with Crippen LogP contribution in [0, 0.1) is 0 Å². The number of hydrogen-bond donors (Lipinski definition) is 2. The Morgan fingerprint density at radius 2 is 2.00 bits per heavy atom. The Labute approximate surface area is 200 Å². The van der Waals surface area contributed by atoms with Gasteiger partial charge in [0.15, 0.2) is 5.96 Å². The first-order valence-electron chi connectivity index (χ1n) is 9.73. The average molecular weight is 548 g/mol. The maximum Gasteiger partial charge on any atom is 0.191 e. The molecule has 1 aliphatic rings. The van der Waals surface area contributed by atoms with Gasteiger partial charge in [0.2, 0.25) is 0 Å². The highest BCUT2D eigenvalue weighted by Gasteiger charge is 2.20. The second-order valence-corrected chi connectivity index (χ2v) is 7.78. The van der Waals surface area contributed by atoms with Gasteiger partial charge in [-0.1, -0.05) is 35.3 Å². The van der Waals surface area contributed by atoms with E-state index in [0.717, 1.165) is 67.7 Å². The molecular formula is C21H28Cl2IN5. The second-order valence-electron chi connectivity index (χ2n) is 6.93. The molecule has 29 heavy (non-hydrogen) atoms. The third kappa shape index (κ3) is 7.50. The summed E-state index contributed by atoms with van der Waals surface area (Å²) in [6.07, 6.45) is 5.86. The molecule has 1 aliphatic heterocycles. The van der Waals surface area contributed by atoms with Crippen LogP contribution in [0.25, 0.3) is 0 Å². The Balaban J connectivity index is 0.00000300. The first-order valence-corrected chi connectivity index (χ1v) is 10.5. The molecule has 1 aromatic heterocycles. The second kappa shape index (κ2) is 12.4. The van der Waals surface area contributed by atoms with E-state index in [4.69, 9.17) is 23.2 Å². The summed E-state index contributed by atoms with van der Waals surface area (Å²) in [5.41, 5.74) is 1.12. The molecule has 0 radical (unpaired) electrons. The molecule has 158 valence electrons. The van der Waals surface area contributed by atoms with Crippen LogP contribution in [-0.4, -0.2) is 43.7 Å². The Morgan fingerprint density at radius 1 is 1.21 bits per heavy atom. The van der Waals surface area contributed by atoms with Crippen LogP contribution in [0.5, 0.6) is 0 Å². The lowest BCUT2D eigenvalue weighted by molar-refractivity contribution is 0.459. The molecule has 0 bridgehead atoms. The van der Waals surface area contributed by atoms with Crippen molar-refractivity contribution in [2.24, 2.45) is 4.99 Å². The Hall–Kier alpha value is -1.25. The van der Waals surface area contributed by atoms with E-state index in [0.29, 0.717) is 11.1 Å². The van der Waals surface area contributed by atoms with E-state index < -0.39 is 0 Å². The van der Waals surface area contributed by atoms with Crippen molar-refractivity contribution in [2.45, 2.75) is 31.7 Å². The molecule has 5 nitrogen and oxygen atoms in total. The van der Waals surface area contributed by atoms with Crippen LogP contribution in [0.15, 0.2) is 47.6 Å². The number of halogens is 3. The summed E-state index contributed by atoms with van der Waals surface area (Å²) in [5, 5.41) is 8.35. The number of piperidine rings is 1. The molecule has 1 fully saturated rings. The molecule has 2 N–H and O–H groups in total. The standard InChI is InChI=1S/C21H27Cl2N5.HI/c1-24-21(26-12-4-5-16-7-8-17(22)15-19(16)23)27-18-9-13-28(14-10-18)20-6-2-3-11-25-20;/h2-3,6-8,11,15,18H,4-5,9-10,12-14H2,1H3,(H2,24,26,27);1H. The Morgan fingerprint density at radius 3 is 2.66 bits per heavy atom. The van der Waals surface area contributed by atoms with E-state index in [1.807, 2.05) is 37.5 Å². The predicted molar refractivity (Wildman–Crippen MR) is 134 cm³/mol. The molecule has 0 spiro atoms. The van der Waals surface area contributed by atoms with E-state index >= 15 is 0 Å². The lowest BCUT2D eigenvalue weighted by Crippen LogP contribution is -2.49. The number of guanidine groups is 1. The number of nitrogens with one attached hydrogen (secondary N) is 2. The summed E-state index contributed by atoms with van der Waals surface area (Å²) in [5.74, 6) is 1.92. The van der Waals surface area contributed by atoms with E-state index in [2.05, 4.69) is 31.6 Å². The van der Waals surface area contributed by atoms with Gasteiger partial charge in [-0.05, 0) is 55.5 Å². The highest BCUT2D eigenvalue weighted by atomic mass is 127. The monoisotopic (exact) mass is 547 g/mol. The van der Waals surface area contributed by atoms with E-state index in [1.54, 1.807) is 6.07 Å². The smallest absolute Gasteiger partial charge is 0.191 e. The number of pyridine rings is 1. The number of hydrogen-bond acceptors (Lipinski definition) is 3. The van der Waals surface area contributed by atoms with Crippen LogP contribution >= 0.6 is 47.2 Å². The van der Waals surface area contributed by atoms with Crippen molar-refractivity contribution in [1.82, 2.24) is 15.6 Å². The maximum atomic E-state index is 6.23. The minimum atomic E-state index is 0. The van der Waals surface area contributed by atoms with Gasteiger partial charge in [-0.15, -0.1) is 24.0 Å². The average Bonchev–Trinajstić information content (AvgIpc) is 2.72. The zero-order chi connectivity index (χ0) is 19.8. The normalized spacial score (nSPS) is 15.0. The van der Waals surface area contributed by atoms with Gasteiger partial charge in [0.25, 0.3) is 0 Å². The number of anilines is 1. The van der Waals surface area contributed by atoms with Gasteiger partial charge in [-0.25, -0.2) is 4.98 Å². The largest absolute Gasteiger partial charge is 0.356 e. The molecule has 2 heterocycles. The van der Waals surface area contributed by atoms with E-state index in [9.17, 15) is 0 Å². The minimum Gasteiger partial charge on any atom is -0.356 e. The molecule has 0 atom stereocenters. The topological polar surface area (TPSA) is 52.6 Å². The van der Waals surface area contributed by atoms with Crippen LogP contribution in [0.1, 0.15) is 24.8 Å². The number of nitrogens with zero attached hydrogens (tertiary/aromatic N) is 3. The number of aliphatic imine (C=N–C) groups is 1. The fourth-order valence-corrected chi connectivity index (χ4v) is 3.89. The van der Waals surface area contributed by atoms with Gasteiger partial charge in [0.1, 0.15) is 5.82 Å². The first kappa shape index (κ1) is 24.0. The van der Waals surface area contributed by atoms with Crippen molar-refractivity contribution in [3.63, 3.8) is 0 Å². The number of rotatable bonds is 6. The Bertz CT molecular complexity index is 780. The van der Waals surface area contributed by atoms with Gasteiger partial charge in [-0.3, -0.25) is 4.99 Å². The molecule has 3 rings (SSSR count). The lowest BCUT2D eigenvalue weighted by atomic mass is 10.1. The molecular weight excluding hydrogens is 520 g/mol.